The summed E-state index contributed by atoms with van der Waals surface area (Å²) < 4.78 is 26.4. The largest absolute Gasteiger partial charge is 0.286 e. The number of hydrogen-bond acceptors (Lipinski definition) is 5. The van der Waals surface area contributed by atoms with E-state index >= 15 is 0 Å². The minimum absolute atomic E-state index is 0.00817. The van der Waals surface area contributed by atoms with Crippen molar-refractivity contribution in [2.24, 2.45) is 4.99 Å². The zero-order valence-corrected chi connectivity index (χ0v) is 14.2. The molecule has 0 spiro atoms. The molecule has 0 radical (unpaired) electrons. The smallest absolute Gasteiger partial charge is 0.269 e. The van der Waals surface area contributed by atoms with Crippen LogP contribution in [-0.2, 0) is 5.75 Å². The van der Waals surface area contributed by atoms with Crippen molar-refractivity contribution in [3.05, 3.63) is 75.3 Å². The Kier molecular flexibility index (Phi) is 5.27. The standard InChI is InChI=1S/C17H13F2N3O3S/c18-14-5-4-12(9-15(14)19)16(23)21-7-6-20-17(21)26-10-11-2-1-3-13(8-11)22(24)25/h1-5,8-9H,6-7,10H2. The van der Waals surface area contributed by atoms with Gasteiger partial charge in [0.1, 0.15) is 0 Å². The van der Waals surface area contributed by atoms with Crippen LogP contribution in [0.4, 0.5) is 14.5 Å². The fourth-order valence-electron chi connectivity index (χ4n) is 2.43. The Bertz CT molecular complexity index is 905. The topological polar surface area (TPSA) is 75.8 Å². The first kappa shape index (κ1) is 18.0. The van der Waals surface area contributed by atoms with E-state index in [0.29, 0.717) is 24.0 Å². The maximum absolute atomic E-state index is 13.4. The Hall–Kier alpha value is -2.81. The molecule has 1 amide bonds. The highest BCUT2D eigenvalue weighted by molar-refractivity contribution is 8.13. The van der Waals surface area contributed by atoms with Gasteiger partial charge in [0, 0.05) is 30.0 Å². The lowest BCUT2D eigenvalue weighted by molar-refractivity contribution is -0.384. The molecule has 0 bridgehead atoms. The molecular formula is C17H13F2N3O3S. The van der Waals surface area contributed by atoms with Gasteiger partial charge in [-0.1, -0.05) is 23.9 Å². The quantitative estimate of drug-likeness (QED) is 0.602. The maximum Gasteiger partial charge on any atom is 0.269 e. The molecule has 0 atom stereocenters. The van der Waals surface area contributed by atoms with Crippen LogP contribution in [0.3, 0.4) is 0 Å². The summed E-state index contributed by atoms with van der Waals surface area (Å²) in [5.41, 5.74) is 0.750. The number of carbonyl (C=O) groups excluding carboxylic acids is 1. The molecule has 134 valence electrons. The Balaban J connectivity index is 1.70. The van der Waals surface area contributed by atoms with E-state index in [1.807, 2.05) is 0 Å². The number of nitro groups is 1. The molecule has 26 heavy (non-hydrogen) atoms. The molecule has 3 rings (SSSR count). The number of nitro benzene ring substituents is 1. The second kappa shape index (κ2) is 7.61. The molecule has 0 saturated carbocycles. The van der Waals surface area contributed by atoms with E-state index in [1.165, 1.54) is 34.9 Å². The number of thioether (sulfide) groups is 1. The highest BCUT2D eigenvalue weighted by atomic mass is 32.2. The summed E-state index contributed by atoms with van der Waals surface area (Å²) >= 11 is 1.26. The van der Waals surface area contributed by atoms with Crippen molar-refractivity contribution in [2.45, 2.75) is 5.75 Å². The molecule has 0 aliphatic carbocycles. The number of halogens is 2. The molecule has 0 saturated heterocycles. The van der Waals surface area contributed by atoms with Gasteiger partial charge in [0.15, 0.2) is 16.8 Å². The second-order valence-electron chi connectivity index (χ2n) is 5.47. The summed E-state index contributed by atoms with van der Waals surface area (Å²) in [5, 5.41) is 11.3. The summed E-state index contributed by atoms with van der Waals surface area (Å²) in [4.78, 5) is 28.5. The lowest BCUT2D eigenvalue weighted by Crippen LogP contribution is -2.33. The van der Waals surface area contributed by atoms with Crippen LogP contribution in [-0.4, -0.2) is 34.0 Å². The number of non-ortho nitro benzene ring substituents is 1. The minimum Gasteiger partial charge on any atom is -0.286 e. The Morgan fingerprint density at radius 2 is 2.04 bits per heavy atom. The van der Waals surface area contributed by atoms with Gasteiger partial charge < -0.3 is 0 Å². The number of nitrogens with zero attached hydrogens (tertiary/aromatic N) is 3. The van der Waals surface area contributed by atoms with Gasteiger partial charge in [0.2, 0.25) is 0 Å². The summed E-state index contributed by atoms with van der Waals surface area (Å²) in [7, 11) is 0. The second-order valence-corrected chi connectivity index (χ2v) is 6.41. The third kappa shape index (κ3) is 3.88. The highest BCUT2D eigenvalue weighted by Gasteiger charge is 2.26. The van der Waals surface area contributed by atoms with E-state index < -0.39 is 22.5 Å². The number of amides is 1. The predicted octanol–water partition coefficient (Wildman–Crippen LogP) is 3.62. The van der Waals surface area contributed by atoms with Gasteiger partial charge >= 0.3 is 0 Å². The summed E-state index contributed by atoms with van der Waals surface area (Å²) in [5.74, 6) is -2.18. The lowest BCUT2D eigenvalue weighted by Gasteiger charge is -2.18. The summed E-state index contributed by atoms with van der Waals surface area (Å²) in [6, 6.07) is 9.20. The van der Waals surface area contributed by atoms with E-state index in [4.69, 9.17) is 0 Å². The third-order valence-electron chi connectivity index (χ3n) is 3.70. The van der Waals surface area contributed by atoms with Crippen molar-refractivity contribution in [3.8, 4) is 0 Å². The lowest BCUT2D eigenvalue weighted by atomic mass is 10.2. The molecule has 1 heterocycles. The average molecular weight is 377 g/mol. The first-order valence-corrected chi connectivity index (χ1v) is 8.62. The van der Waals surface area contributed by atoms with Gasteiger partial charge in [-0.05, 0) is 23.8 Å². The molecule has 1 aliphatic rings. The normalized spacial score (nSPS) is 13.6. The molecule has 6 nitrogen and oxygen atoms in total. The van der Waals surface area contributed by atoms with Gasteiger partial charge in [-0.2, -0.15) is 0 Å². The first-order chi connectivity index (χ1) is 12.5. The van der Waals surface area contributed by atoms with Crippen molar-refractivity contribution >= 4 is 28.5 Å². The van der Waals surface area contributed by atoms with Crippen LogP contribution in [0, 0.1) is 21.7 Å². The average Bonchev–Trinajstić information content (AvgIpc) is 3.10. The van der Waals surface area contributed by atoms with Crippen LogP contribution < -0.4 is 0 Å². The number of rotatable bonds is 4. The maximum atomic E-state index is 13.4. The van der Waals surface area contributed by atoms with Gasteiger partial charge in [-0.15, -0.1) is 0 Å². The van der Waals surface area contributed by atoms with E-state index in [-0.39, 0.29) is 11.3 Å². The van der Waals surface area contributed by atoms with Crippen LogP contribution in [0.2, 0.25) is 0 Å². The Morgan fingerprint density at radius 3 is 2.77 bits per heavy atom. The van der Waals surface area contributed by atoms with Crippen molar-refractivity contribution in [3.63, 3.8) is 0 Å². The number of benzene rings is 2. The van der Waals surface area contributed by atoms with Crippen molar-refractivity contribution in [1.82, 2.24) is 4.90 Å². The van der Waals surface area contributed by atoms with Crippen LogP contribution in [0.1, 0.15) is 15.9 Å². The fourth-order valence-corrected chi connectivity index (χ4v) is 3.42. The summed E-state index contributed by atoms with van der Waals surface area (Å²) in [6.07, 6.45) is 0. The van der Waals surface area contributed by atoms with Gasteiger partial charge in [-0.25, -0.2) is 8.78 Å². The molecule has 0 aromatic heterocycles. The Labute approximate surface area is 151 Å². The molecule has 0 unspecified atom stereocenters. The van der Waals surface area contributed by atoms with Crippen molar-refractivity contribution in [1.29, 1.82) is 0 Å². The number of amidine groups is 1. The number of hydrogen-bond donors (Lipinski definition) is 0. The molecule has 0 fully saturated rings. The monoisotopic (exact) mass is 377 g/mol. The van der Waals surface area contributed by atoms with Crippen LogP contribution >= 0.6 is 11.8 Å². The van der Waals surface area contributed by atoms with E-state index in [2.05, 4.69) is 4.99 Å². The molecule has 2 aromatic carbocycles. The zero-order valence-electron chi connectivity index (χ0n) is 13.4. The number of carbonyl (C=O) groups is 1. The van der Waals surface area contributed by atoms with Gasteiger partial charge in [0.05, 0.1) is 11.5 Å². The van der Waals surface area contributed by atoms with E-state index in [9.17, 15) is 23.7 Å². The van der Waals surface area contributed by atoms with Gasteiger partial charge in [0.25, 0.3) is 11.6 Å². The highest BCUT2D eigenvalue weighted by Crippen LogP contribution is 2.23. The molecule has 0 N–H and O–H groups in total. The SMILES string of the molecule is O=C(c1ccc(F)c(F)c1)N1CCN=C1SCc1cccc([N+](=O)[O-])c1. The zero-order chi connectivity index (χ0) is 18.7. The predicted molar refractivity (Wildman–Crippen MR) is 94.1 cm³/mol. The molecule has 9 heteroatoms. The van der Waals surface area contributed by atoms with E-state index in [0.717, 1.165) is 17.7 Å². The van der Waals surface area contributed by atoms with Crippen LogP contribution in [0.15, 0.2) is 47.5 Å². The minimum atomic E-state index is -1.09. The third-order valence-corrected chi connectivity index (χ3v) is 4.79. The Morgan fingerprint density at radius 1 is 1.23 bits per heavy atom. The van der Waals surface area contributed by atoms with Crippen LogP contribution in [0.5, 0.6) is 0 Å². The summed E-state index contributed by atoms with van der Waals surface area (Å²) in [6.45, 7) is 0.752. The van der Waals surface area contributed by atoms with Crippen molar-refractivity contribution < 1.29 is 18.5 Å². The van der Waals surface area contributed by atoms with E-state index in [1.54, 1.807) is 12.1 Å². The molecule has 1 aliphatic heterocycles. The fraction of sp³-hybridized carbons (Fsp3) is 0.176. The molecular weight excluding hydrogens is 364 g/mol. The van der Waals surface area contributed by atoms with Crippen molar-refractivity contribution in [2.75, 3.05) is 13.1 Å². The van der Waals surface area contributed by atoms with Gasteiger partial charge in [-0.3, -0.25) is 24.8 Å². The van der Waals surface area contributed by atoms with Crippen LogP contribution in [0.25, 0.3) is 0 Å². The molecule has 2 aromatic rings. The number of aliphatic imine (C=N–C) groups is 1. The first-order valence-electron chi connectivity index (χ1n) is 7.63.